The topological polar surface area (TPSA) is 21.3 Å². The van der Waals surface area contributed by atoms with Crippen LogP contribution in [0, 0.1) is 6.92 Å². The molecule has 0 bridgehead atoms. The average Bonchev–Trinajstić information content (AvgIpc) is 2.33. The van der Waals surface area contributed by atoms with E-state index in [-0.39, 0.29) is 5.54 Å². The van der Waals surface area contributed by atoms with Crippen molar-refractivity contribution in [3.63, 3.8) is 0 Å². The zero-order valence-electron chi connectivity index (χ0n) is 10.3. The van der Waals surface area contributed by atoms with E-state index in [0.29, 0.717) is 0 Å². The number of likely N-dealkylation sites (N-methyl/N-ethyl adjacent to an activating group) is 1. The van der Waals surface area contributed by atoms with Gasteiger partial charge in [-0.05, 0) is 44.4 Å². The summed E-state index contributed by atoms with van der Waals surface area (Å²) in [6, 6.07) is 8.67. The van der Waals surface area contributed by atoms with Gasteiger partial charge in [-0.3, -0.25) is 0 Å². The van der Waals surface area contributed by atoms with Crippen LogP contribution in [0.5, 0.6) is 0 Å². The molecule has 1 saturated heterocycles. The highest BCUT2D eigenvalue weighted by molar-refractivity contribution is 5.27. The molecule has 1 aromatic rings. The van der Waals surface area contributed by atoms with Crippen molar-refractivity contribution in [2.24, 2.45) is 0 Å². The molecule has 0 aromatic heterocycles. The molecule has 1 heterocycles. The quantitative estimate of drug-likeness (QED) is 0.842. The summed E-state index contributed by atoms with van der Waals surface area (Å²) in [5.41, 5.74) is 3.09. The van der Waals surface area contributed by atoms with Gasteiger partial charge in [0.2, 0.25) is 0 Å². The monoisotopic (exact) mass is 219 g/mol. The fraction of sp³-hybridized carbons (Fsp3) is 0.571. The summed E-state index contributed by atoms with van der Waals surface area (Å²) >= 11 is 0. The van der Waals surface area contributed by atoms with Crippen molar-refractivity contribution in [2.45, 2.75) is 31.7 Å². The third-order valence-electron chi connectivity index (χ3n) is 3.77. The Bertz CT molecular complexity index is 342. The van der Waals surface area contributed by atoms with Crippen LogP contribution in [0.3, 0.4) is 0 Å². The summed E-state index contributed by atoms with van der Waals surface area (Å²) in [4.78, 5) is 0. The maximum atomic E-state index is 5.45. The largest absolute Gasteiger partial charge is 0.381 e. The third kappa shape index (κ3) is 2.45. The molecule has 0 radical (unpaired) electrons. The van der Waals surface area contributed by atoms with Crippen molar-refractivity contribution < 1.29 is 4.74 Å². The van der Waals surface area contributed by atoms with Gasteiger partial charge in [-0.25, -0.2) is 0 Å². The van der Waals surface area contributed by atoms with Gasteiger partial charge >= 0.3 is 0 Å². The first-order chi connectivity index (χ1) is 7.76. The highest BCUT2D eigenvalue weighted by atomic mass is 16.5. The summed E-state index contributed by atoms with van der Waals surface area (Å²) in [5, 5.41) is 3.51. The van der Waals surface area contributed by atoms with Crippen LogP contribution >= 0.6 is 0 Å². The van der Waals surface area contributed by atoms with E-state index in [4.69, 9.17) is 4.74 Å². The second kappa shape index (κ2) is 4.98. The highest BCUT2D eigenvalue weighted by Crippen LogP contribution is 2.26. The Labute approximate surface area is 98.0 Å². The van der Waals surface area contributed by atoms with Gasteiger partial charge < -0.3 is 10.1 Å². The Balaban J connectivity index is 2.15. The Hall–Kier alpha value is -0.860. The van der Waals surface area contributed by atoms with Crippen LogP contribution in [-0.2, 0) is 11.2 Å². The molecule has 1 N–H and O–H groups in total. The first-order valence-corrected chi connectivity index (χ1v) is 6.07. The van der Waals surface area contributed by atoms with Gasteiger partial charge in [0.25, 0.3) is 0 Å². The molecule has 0 amide bonds. The van der Waals surface area contributed by atoms with E-state index in [1.54, 1.807) is 0 Å². The first-order valence-electron chi connectivity index (χ1n) is 6.07. The molecule has 2 heteroatoms. The lowest BCUT2D eigenvalue weighted by Crippen LogP contribution is -2.49. The highest BCUT2D eigenvalue weighted by Gasteiger charge is 2.31. The van der Waals surface area contributed by atoms with Gasteiger partial charge in [0, 0.05) is 18.8 Å². The van der Waals surface area contributed by atoms with Gasteiger partial charge in [0.05, 0.1) is 0 Å². The van der Waals surface area contributed by atoms with Crippen molar-refractivity contribution in [3.05, 3.63) is 35.4 Å². The molecular formula is C14H21NO. The Kier molecular flexibility index (Phi) is 3.62. The predicted molar refractivity (Wildman–Crippen MR) is 66.7 cm³/mol. The van der Waals surface area contributed by atoms with E-state index >= 15 is 0 Å². The average molecular weight is 219 g/mol. The number of hydrogen-bond donors (Lipinski definition) is 1. The molecule has 16 heavy (non-hydrogen) atoms. The van der Waals surface area contributed by atoms with E-state index in [0.717, 1.165) is 32.5 Å². The second-order valence-electron chi connectivity index (χ2n) is 4.75. The molecule has 0 spiro atoms. The van der Waals surface area contributed by atoms with Crippen LogP contribution in [0.15, 0.2) is 24.3 Å². The molecule has 0 aliphatic carbocycles. The van der Waals surface area contributed by atoms with E-state index in [2.05, 4.69) is 43.6 Å². The summed E-state index contributed by atoms with van der Waals surface area (Å²) in [7, 11) is 2.07. The second-order valence-corrected chi connectivity index (χ2v) is 4.75. The van der Waals surface area contributed by atoms with Crippen LogP contribution < -0.4 is 5.32 Å². The SMILES string of the molecule is CNC1(Cc2ccccc2C)CCOCC1. The van der Waals surface area contributed by atoms with Gasteiger partial charge in [-0.1, -0.05) is 24.3 Å². The van der Waals surface area contributed by atoms with Gasteiger partial charge in [0.15, 0.2) is 0 Å². The van der Waals surface area contributed by atoms with E-state index in [1.165, 1.54) is 11.1 Å². The summed E-state index contributed by atoms with van der Waals surface area (Å²) < 4.78 is 5.45. The van der Waals surface area contributed by atoms with Crippen LogP contribution in [0.4, 0.5) is 0 Å². The Morgan fingerprint density at radius 2 is 1.94 bits per heavy atom. The van der Waals surface area contributed by atoms with Crippen molar-refractivity contribution in [3.8, 4) is 0 Å². The molecule has 0 atom stereocenters. The molecular weight excluding hydrogens is 198 g/mol. The number of nitrogens with one attached hydrogen (secondary N) is 1. The fourth-order valence-corrected chi connectivity index (χ4v) is 2.45. The zero-order valence-corrected chi connectivity index (χ0v) is 10.3. The number of rotatable bonds is 3. The van der Waals surface area contributed by atoms with Crippen LogP contribution in [0.25, 0.3) is 0 Å². The molecule has 2 rings (SSSR count). The van der Waals surface area contributed by atoms with Crippen molar-refractivity contribution in [2.75, 3.05) is 20.3 Å². The van der Waals surface area contributed by atoms with E-state index < -0.39 is 0 Å². The smallest absolute Gasteiger partial charge is 0.0483 e. The number of hydrogen-bond acceptors (Lipinski definition) is 2. The lowest BCUT2D eigenvalue weighted by molar-refractivity contribution is 0.0412. The summed E-state index contributed by atoms with van der Waals surface area (Å²) in [6.07, 6.45) is 3.33. The third-order valence-corrected chi connectivity index (χ3v) is 3.77. The normalized spacial score (nSPS) is 19.6. The van der Waals surface area contributed by atoms with Crippen molar-refractivity contribution >= 4 is 0 Å². The Morgan fingerprint density at radius 1 is 1.25 bits per heavy atom. The van der Waals surface area contributed by atoms with Gasteiger partial charge in [-0.2, -0.15) is 0 Å². The minimum atomic E-state index is 0.240. The molecule has 1 aromatic carbocycles. The lowest BCUT2D eigenvalue weighted by atomic mass is 9.83. The molecule has 1 aliphatic rings. The van der Waals surface area contributed by atoms with Crippen molar-refractivity contribution in [1.29, 1.82) is 0 Å². The van der Waals surface area contributed by atoms with Crippen LogP contribution in [0.1, 0.15) is 24.0 Å². The van der Waals surface area contributed by atoms with E-state index in [9.17, 15) is 0 Å². The molecule has 2 nitrogen and oxygen atoms in total. The summed E-state index contributed by atoms with van der Waals surface area (Å²) in [6.45, 7) is 3.96. The molecule has 1 aliphatic heterocycles. The lowest BCUT2D eigenvalue weighted by Gasteiger charge is -2.37. The van der Waals surface area contributed by atoms with Crippen molar-refractivity contribution in [1.82, 2.24) is 5.32 Å². The maximum Gasteiger partial charge on any atom is 0.0483 e. The van der Waals surface area contributed by atoms with E-state index in [1.807, 2.05) is 0 Å². The minimum Gasteiger partial charge on any atom is -0.381 e. The van der Waals surface area contributed by atoms with Crippen LogP contribution in [-0.4, -0.2) is 25.8 Å². The molecule has 1 fully saturated rings. The molecule has 88 valence electrons. The number of benzene rings is 1. The predicted octanol–water partition coefficient (Wildman–Crippen LogP) is 2.31. The molecule has 0 saturated carbocycles. The van der Waals surface area contributed by atoms with Gasteiger partial charge in [0.1, 0.15) is 0 Å². The zero-order chi connectivity index (χ0) is 11.4. The summed E-state index contributed by atoms with van der Waals surface area (Å²) in [5.74, 6) is 0. The minimum absolute atomic E-state index is 0.240. The standard InChI is InChI=1S/C14H21NO/c1-12-5-3-4-6-13(12)11-14(15-2)7-9-16-10-8-14/h3-6,15H,7-11H2,1-2H3. The molecule has 0 unspecified atom stereocenters. The number of ether oxygens (including phenoxy) is 1. The maximum absolute atomic E-state index is 5.45. The Morgan fingerprint density at radius 3 is 2.56 bits per heavy atom. The van der Waals surface area contributed by atoms with Crippen LogP contribution in [0.2, 0.25) is 0 Å². The fourth-order valence-electron chi connectivity index (χ4n) is 2.45. The van der Waals surface area contributed by atoms with Gasteiger partial charge in [-0.15, -0.1) is 0 Å². The first kappa shape index (κ1) is 11.6. The number of aryl methyl sites for hydroxylation is 1.